The topological polar surface area (TPSA) is 66.1 Å². The lowest BCUT2D eigenvalue weighted by Crippen LogP contribution is -2.34. The predicted molar refractivity (Wildman–Crippen MR) is 101 cm³/mol. The number of hydrogen-bond donors (Lipinski definition) is 1. The number of benzene rings is 2. The van der Waals surface area contributed by atoms with Crippen LogP contribution >= 0.6 is 0 Å². The Kier molecular flexibility index (Phi) is 4.56. The number of aromatic amines is 1. The minimum absolute atomic E-state index is 0.202. The predicted octanol–water partition coefficient (Wildman–Crippen LogP) is 4.03. The molecule has 0 atom stereocenters. The molecule has 2 aromatic carbocycles. The summed E-state index contributed by atoms with van der Waals surface area (Å²) in [6.45, 7) is 8.42. The van der Waals surface area contributed by atoms with E-state index in [0.717, 1.165) is 27.7 Å². The van der Waals surface area contributed by atoms with Crippen LogP contribution in [0.5, 0.6) is 0 Å². The number of rotatable bonds is 5. The lowest BCUT2D eigenvalue weighted by Gasteiger charge is -2.28. The van der Waals surface area contributed by atoms with Crippen LogP contribution in [-0.2, 0) is 10.0 Å². The second-order valence-corrected chi connectivity index (χ2v) is 8.70. The monoisotopic (exact) mass is 357 g/mol. The molecule has 132 valence electrons. The highest BCUT2D eigenvalue weighted by Crippen LogP contribution is 2.29. The van der Waals surface area contributed by atoms with E-state index in [0.29, 0.717) is 6.54 Å². The van der Waals surface area contributed by atoms with E-state index in [1.807, 2.05) is 45.9 Å². The van der Waals surface area contributed by atoms with Crippen LogP contribution in [0.25, 0.3) is 10.9 Å². The SMILES string of the molecule is Cc1ccc(N(CC(C)C)S(=O)(=O)c2ccc3[nH]ncc3c2)c(C)c1. The van der Waals surface area contributed by atoms with Gasteiger partial charge < -0.3 is 0 Å². The minimum Gasteiger partial charge on any atom is -0.278 e. The molecule has 25 heavy (non-hydrogen) atoms. The first kappa shape index (κ1) is 17.5. The molecule has 0 saturated heterocycles. The van der Waals surface area contributed by atoms with Crippen molar-refractivity contribution in [2.75, 3.05) is 10.8 Å². The molecule has 1 N–H and O–H groups in total. The number of anilines is 1. The Labute approximate surface area is 148 Å². The molecule has 0 aliphatic heterocycles. The molecule has 0 unspecified atom stereocenters. The summed E-state index contributed by atoms with van der Waals surface area (Å²) in [5, 5.41) is 7.60. The number of nitrogens with one attached hydrogen (secondary N) is 1. The first-order valence-corrected chi connectivity index (χ1v) is 9.76. The highest BCUT2D eigenvalue weighted by Gasteiger charge is 2.27. The minimum atomic E-state index is -3.66. The molecule has 0 bridgehead atoms. The van der Waals surface area contributed by atoms with Crippen LogP contribution in [0, 0.1) is 19.8 Å². The fourth-order valence-electron chi connectivity index (χ4n) is 2.95. The number of H-pyrrole nitrogens is 1. The van der Waals surface area contributed by atoms with Crippen molar-refractivity contribution in [2.24, 2.45) is 5.92 Å². The first-order chi connectivity index (χ1) is 11.8. The Balaban J connectivity index is 2.13. The highest BCUT2D eigenvalue weighted by molar-refractivity contribution is 7.92. The zero-order chi connectivity index (χ0) is 18.2. The maximum atomic E-state index is 13.4. The van der Waals surface area contributed by atoms with Crippen LogP contribution in [0.2, 0.25) is 0 Å². The van der Waals surface area contributed by atoms with Crippen LogP contribution < -0.4 is 4.31 Å². The van der Waals surface area contributed by atoms with E-state index >= 15 is 0 Å². The number of aromatic nitrogens is 2. The molecule has 6 heteroatoms. The Bertz CT molecular complexity index is 1010. The van der Waals surface area contributed by atoms with Crippen molar-refractivity contribution in [3.63, 3.8) is 0 Å². The summed E-state index contributed by atoms with van der Waals surface area (Å²) in [4.78, 5) is 0.280. The molecule has 0 spiro atoms. The molecule has 0 amide bonds. The largest absolute Gasteiger partial charge is 0.278 e. The molecule has 3 aromatic rings. The number of sulfonamides is 1. The number of aryl methyl sites for hydroxylation is 2. The Morgan fingerprint density at radius 2 is 1.88 bits per heavy atom. The van der Waals surface area contributed by atoms with E-state index in [2.05, 4.69) is 10.2 Å². The average molecular weight is 357 g/mol. The van der Waals surface area contributed by atoms with Gasteiger partial charge in [-0.2, -0.15) is 5.10 Å². The van der Waals surface area contributed by atoms with Crippen molar-refractivity contribution in [3.8, 4) is 0 Å². The molecule has 1 heterocycles. The molecule has 0 aliphatic carbocycles. The van der Waals surface area contributed by atoms with Gasteiger partial charge in [-0.15, -0.1) is 0 Å². The fraction of sp³-hybridized carbons (Fsp3) is 0.316. The zero-order valence-corrected chi connectivity index (χ0v) is 15.8. The lowest BCUT2D eigenvalue weighted by atomic mass is 10.1. The standard InChI is InChI=1S/C19H23N3O2S/c1-13(2)12-22(19-8-5-14(3)9-15(19)4)25(23,24)17-6-7-18-16(10-17)11-20-21-18/h5-11,13H,12H2,1-4H3,(H,20,21). The van der Waals surface area contributed by atoms with Crippen LogP contribution in [0.3, 0.4) is 0 Å². The molecule has 0 aliphatic rings. The Morgan fingerprint density at radius 1 is 1.12 bits per heavy atom. The lowest BCUT2D eigenvalue weighted by molar-refractivity contribution is 0.577. The number of hydrogen-bond acceptors (Lipinski definition) is 3. The van der Waals surface area contributed by atoms with E-state index in [-0.39, 0.29) is 10.8 Å². The van der Waals surface area contributed by atoms with Crippen LogP contribution in [0.4, 0.5) is 5.69 Å². The summed E-state index contributed by atoms with van der Waals surface area (Å²) in [7, 11) is -3.66. The summed E-state index contributed by atoms with van der Waals surface area (Å²) in [5.74, 6) is 0.202. The van der Waals surface area contributed by atoms with Crippen molar-refractivity contribution >= 4 is 26.6 Å². The van der Waals surface area contributed by atoms with Crippen molar-refractivity contribution in [1.29, 1.82) is 0 Å². The third-order valence-electron chi connectivity index (χ3n) is 4.15. The molecule has 0 fully saturated rings. The van der Waals surface area contributed by atoms with E-state index < -0.39 is 10.0 Å². The van der Waals surface area contributed by atoms with Crippen LogP contribution in [0.1, 0.15) is 25.0 Å². The quantitative estimate of drug-likeness (QED) is 0.750. The maximum Gasteiger partial charge on any atom is 0.264 e. The summed E-state index contributed by atoms with van der Waals surface area (Å²) in [6, 6.07) is 10.9. The zero-order valence-electron chi connectivity index (χ0n) is 14.9. The van der Waals surface area contributed by atoms with Gasteiger partial charge in [0.15, 0.2) is 0 Å². The molecule has 0 radical (unpaired) electrons. The van der Waals surface area contributed by atoms with Crippen LogP contribution in [-0.4, -0.2) is 25.2 Å². The highest BCUT2D eigenvalue weighted by atomic mass is 32.2. The molecule has 1 aromatic heterocycles. The second-order valence-electron chi connectivity index (χ2n) is 6.84. The molecule has 3 rings (SSSR count). The van der Waals surface area contributed by atoms with Crippen molar-refractivity contribution in [2.45, 2.75) is 32.6 Å². The summed E-state index contributed by atoms with van der Waals surface area (Å²) in [5.41, 5.74) is 3.61. The third kappa shape index (κ3) is 3.39. The maximum absolute atomic E-state index is 13.4. The molecular formula is C19H23N3O2S. The molecular weight excluding hydrogens is 334 g/mol. The van der Waals surface area contributed by atoms with Gasteiger partial charge in [-0.25, -0.2) is 8.42 Å². The summed E-state index contributed by atoms with van der Waals surface area (Å²) >= 11 is 0. The summed E-state index contributed by atoms with van der Waals surface area (Å²) in [6.07, 6.45) is 1.64. The molecule has 0 saturated carbocycles. The van der Waals surface area contributed by atoms with Crippen molar-refractivity contribution in [3.05, 3.63) is 53.7 Å². The van der Waals surface area contributed by atoms with E-state index in [9.17, 15) is 8.42 Å². The Morgan fingerprint density at radius 3 is 2.56 bits per heavy atom. The van der Waals surface area contributed by atoms with Gasteiger partial charge in [0.05, 0.1) is 22.3 Å². The molecule has 5 nitrogen and oxygen atoms in total. The van der Waals surface area contributed by atoms with Gasteiger partial charge in [-0.05, 0) is 49.6 Å². The summed E-state index contributed by atoms with van der Waals surface area (Å²) < 4.78 is 28.3. The second kappa shape index (κ2) is 6.52. The van der Waals surface area contributed by atoms with Gasteiger partial charge in [0.1, 0.15) is 0 Å². The number of nitrogens with zero attached hydrogens (tertiary/aromatic N) is 2. The van der Waals surface area contributed by atoms with Crippen LogP contribution in [0.15, 0.2) is 47.5 Å². The van der Waals surface area contributed by atoms with E-state index in [1.54, 1.807) is 24.4 Å². The van der Waals surface area contributed by atoms with Gasteiger partial charge >= 0.3 is 0 Å². The number of fused-ring (bicyclic) bond motifs is 1. The van der Waals surface area contributed by atoms with Crippen molar-refractivity contribution in [1.82, 2.24) is 10.2 Å². The van der Waals surface area contributed by atoms with Gasteiger partial charge in [-0.1, -0.05) is 31.5 Å². The van der Waals surface area contributed by atoms with Crippen molar-refractivity contribution < 1.29 is 8.42 Å². The van der Waals surface area contributed by atoms with Gasteiger partial charge in [0.2, 0.25) is 0 Å². The van der Waals surface area contributed by atoms with Gasteiger partial charge in [-0.3, -0.25) is 9.40 Å². The normalized spacial score (nSPS) is 12.0. The van der Waals surface area contributed by atoms with E-state index in [4.69, 9.17) is 0 Å². The third-order valence-corrected chi connectivity index (χ3v) is 5.93. The first-order valence-electron chi connectivity index (χ1n) is 8.32. The van der Waals surface area contributed by atoms with Gasteiger partial charge in [0, 0.05) is 11.9 Å². The van der Waals surface area contributed by atoms with Gasteiger partial charge in [0.25, 0.3) is 10.0 Å². The fourth-order valence-corrected chi connectivity index (χ4v) is 4.68. The van der Waals surface area contributed by atoms with E-state index in [1.165, 1.54) is 4.31 Å². The average Bonchev–Trinajstić information content (AvgIpc) is 3.00. The Hall–Kier alpha value is -2.34. The smallest absolute Gasteiger partial charge is 0.264 e.